The zero-order valence-corrected chi connectivity index (χ0v) is 40.4. The number of halogens is 2. The van der Waals surface area contributed by atoms with Crippen molar-refractivity contribution in [3.63, 3.8) is 0 Å². The minimum absolute atomic E-state index is 0.0434. The number of carbonyl (C=O) groups excluding carboxylic acids is 5. The standard InChI is InChI=1S/C50H61ClFN7O9/c1-27(2)41(56(6)46(62)30-12-15-57(25-30)48(64)44(51)52)45(61)54-38-20-29-18-31(21-33(60)19-29)32-22-35-36(24-50(4,5)26-68-49(65)37-11-9-14-59(55-37)47(38)63)42(58-16-17-67-39(23-32)43(35)58)34-10-8-13-53-40(34)28(3)66-7/h8,10,13,18-19,21-23,27-28,30,37-38,41,44,55,60H,9,11-12,14-17,20,24-26H2,1-7H3,(H,54,61)/t28-,30-,37-,38-,41-,44-/m0/s1. The lowest BCUT2D eigenvalue weighted by atomic mass is 9.84. The minimum atomic E-state index is -2.22. The Morgan fingerprint density at radius 1 is 1.06 bits per heavy atom. The number of amides is 4. The van der Waals surface area contributed by atoms with Crippen LogP contribution in [0.4, 0.5) is 4.39 Å². The number of carbonyl (C=O) groups is 5. The Morgan fingerprint density at radius 3 is 2.56 bits per heavy atom. The highest BCUT2D eigenvalue weighted by Crippen LogP contribution is 2.46. The van der Waals surface area contributed by atoms with Gasteiger partial charge >= 0.3 is 5.97 Å². The normalized spacial score (nSPS) is 21.9. The second-order valence-electron chi connectivity index (χ2n) is 19.6. The summed E-state index contributed by atoms with van der Waals surface area (Å²) in [5.41, 5.74) is 6.76. The van der Waals surface area contributed by atoms with Crippen LogP contribution in [0.1, 0.15) is 76.8 Å². The van der Waals surface area contributed by atoms with Crippen molar-refractivity contribution in [1.82, 2.24) is 35.1 Å². The number of nitrogens with zero attached hydrogens (tertiary/aromatic N) is 5. The number of benzene rings is 2. The van der Waals surface area contributed by atoms with Gasteiger partial charge in [0.05, 0.1) is 42.1 Å². The molecule has 2 aromatic carbocycles. The van der Waals surface area contributed by atoms with Crippen molar-refractivity contribution in [1.29, 1.82) is 0 Å². The number of pyridine rings is 1. The third-order valence-electron chi connectivity index (χ3n) is 13.7. The molecule has 6 heterocycles. The van der Waals surface area contributed by atoms with Gasteiger partial charge in [-0.05, 0) is 97.2 Å². The highest BCUT2D eigenvalue weighted by Gasteiger charge is 2.41. The summed E-state index contributed by atoms with van der Waals surface area (Å²) >= 11 is 5.41. The summed E-state index contributed by atoms with van der Waals surface area (Å²) in [4.78, 5) is 76.7. The van der Waals surface area contributed by atoms with Gasteiger partial charge in [0, 0.05) is 62.8 Å². The van der Waals surface area contributed by atoms with Crippen LogP contribution in [-0.4, -0.2) is 130 Å². The molecule has 6 bridgehead atoms. The summed E-state index contributed by atoms with van der Waals surface area (Å²) in [5, 5.41) is 16.6. The average molecular weight is 959 g/mol. The molecule has 18 heteroatoms. The van der Waals surface area contributed by atoms with Crippen LogP contribution in [0.5, 0.6) is 11.5 Å². The van der Waals surface area contributed by atoms with E-state index in [0.29, 0.717) is 49.3 Å². The van der Waals surface area contributed by atoms with Crippen molar-refractivity contribution in [3.8, 4) is 33.9 Å². The van der Waals surface area contributed by atoms with E-state index in [-0.39, 0.29) is 50.9 Å². The Balaban J connectivity index is 1.21. The van der Waals surface area contributed by atoms with Crippen LogP contribution >= 0.6 is 11.6 Å². The number of rotatable bonds is 9. The van der Waals surface area contributed by atoms with Crippen LogP contribution in [-0.2, 0) is 52.8 Å². The average Bonchev–Trinajstić information content (AvgIpc) is 3.92. The summed E-state index contributed by atoms with van der Waals surface area (Å²) < 4.78 is 34.3. The van der Waals surface area contributed by atoms with Crippen molar-refractivity contribution < 1.29 is 47.7 Å². The summed E-state index contributed by atoms with van der Waals surface area (Å²) in [6.45, 7) is 11.0. The molecule has 68 heavy (non-hydrogen) atoms. The van der Waals surface area contributed by atoms with E-state index in [4.69, 9.17) is 30.8 Å². The summed E-state index contributed by atoms with van der Waals surface area (Å²) in [6.07, 6.45) is 3.01. The second kappa shape index (κ2) is 19.7. The largest absolute Gasteiger partial charge is 0.508 e. The third-order valence-corrected chi connectivity index (χ3v) is 13.9. The first-order valence-corrected chi connectivity index (χ1v) is 23.8. The second-order valence-corrected chi connectivity index (χ2v) is 20.0. The molecular formula is C50H61ClFN7O9. The molecular weight excluding hydrogens is 897 g/mol. The van der Waals surface area contributed by atoms with Gasteiger partial charge in [0.2, 0.25) is 11.8 Å². The van der Waals surface area contributed by atoms with Gasteiger partial charge in [-0.15, -0.1) is 0 Å². The Morgan fingerprint density at radius 2 is 1.82 bits per heavy atom. The lowest BCUT2D eigenvalue weighted by molar-refractivity contribution is -0.155. The van der Waals surface area contributed by atoms with Crippen molar-refractivity contribution in [3.05, 3.63) is 65.5 Å². The van der Waals surface area contributed by atoms with E-state index in [1.54, 1.807) is 39.3 Å². The van der Waals surface area contributed by atoms with E-state index >= 15 is 0 Å². The molecule has 364 valence electrons. The maximum absolute atomic E-state index is 14.7. The van der Waals surface area contributed by atoms with Crippen LogP contribution in [0.15, 0.2) is 48.7 Å². The fourth-order valence-electron chi connectivity index (χ4n) is 10.3. The Hall–Kier alpha value is -5.78. The Labute approximate surface area is 400 Å². The van der Waals surface area contributed by atoms with E-state index in [0.717, 1.165) is 39.0 Å². The third kappa shape index (κ3) is 9.74. The number of esters is 1. The van der Waals surface area contributed by atoms with Crippen LogP contribution < -0.4 is 15.5 Å². The molecule has 6 atom stereocenters. The number of phenolic OH excluding ortho intramolecular Hbond substituents is 1. The van der Waals surface area contributed by atoms with Gasteiger partial charge in [0.25, 0.3) is 17.4 Å². The smallest absolute Gasteiger partial charge is 0.324 e. The number of aromatic hydroxyl groups is 1. The number of fused-ring (bicyclic) bond motifs is 6. The number of likely N-dealkylation sites (tertiary alicyclic amines) is 1. The van der Waals surface area contributed by atoms with Crippen molar-refractivity contribution >= 4 is 52.1 Å². The molecule has 8 rings (SSSR count). The van der Waals surface area contributed by atoms with Crippen molar-refractivity contribution in [2.45, 2.75) is 103 Å². The quantitative estimate of drug-likeness (QED) is 0.138. The number of methoxy groups -OCH3 is 1. The van der Waals surface area contributed by atoms with Gasteiger partial charge in [0.1, 0.15) is 36.2 Å². The Bertz CT molecular complexity index is 2620. The van der Waals surface area contributed by atoms with Crippen LogP contribution in [0, 0.1) is 17.3 Å². The molecule has 3 N–H and O–H groups in total. The SMILES string of the molecule is CO[C@@H](C)c1ncccc1-c1c2c3cc(cc4c3n1CCO4)-c1cc(O)cc(c1)C[C@H](NC(=O)[C@H](C(C)C)N(C)C(=O)[C@H]1CCN(C(=O)[C@H](F)Cl)C1)C(=O)N1CCC[C@H](N1)C(=O)OCC(C)(C)C2. The molecule has 4 aliphatic rings. The monoisotopic (exact) mass is 957 g/mol. The van der Waals surface area contributed by atoms with Crippen molar-refractivity contribution in [2.24, 2.45) is 17.3 Å². The maximum Gasteiger partial charge on any atom is 0.324 e. The predicted molar refractivity (Wildman–Crippen MR) is 252 cm³/mol. The van der Waals surface area contributed by atoms with E-state index in [2.05, 4.69) is 41.3 Å². The molecule has 16 nitrogen and oxygen atoms in total. The molecule has 2 saturated heterocycles. The van der Waals surface area contributed by atoms with Crippen LogP contribution in [0.2, 0.25) is 0 Å². The lowest BCUT2D eigenvalue weighted by Gasteiger charge is -2.37. The molecule has 2 fully saturated rings. The number of hydrogen-bond donors (Lipinski definition) is 3. The summed E-state index contributed by atoms with van der Waals surface area (Å²) in [6, 6.07) is 9.93. The molecule has 4 amide bonds. The number of nitrogens with one attached hydrogen (secondary N) is 2. The fraction of sp³-hybridized carbons (Fsp3) is 0.520. The molecule has 0 radical (unpaired) electrons. The van der Waals surface area contributed by atoms with E-state index < -0.39 is 70.6 Å². The fourth-order valence-corrected chi connectivity index (χ4v) is 10.4. The molecule has 2 aromatic heterocycles. The first-order chi connectivity index (χ1) is 32.3. The number of ether oxygens (including phenoxy) is 3. The van der Waals surface area contributed by atoms with Gasteiger partial charge in [-0.25, -0.2) is 9.82 Å². The number of hydrogen-bond acceptors (Lipinski definition) is 11. The van der Waals surface area contributed by atoms with E-state index in [9.17, 15) is 33.5 Å². The summed E-state index contributed by atoms with van der Waals surface area (Å²) in [5.74, 6) is -3.50. The molecule has 0 spiro atoms. The number of phenols is 1. The van der Waals surface area contributed by atoms with Crippen LogP contribution in [0.3, 0.4) is 0 Å². The Kier molecular flexibility index (Phi) is 14.1. The maximum atomic E-state index is 14.7. The van der Waals surface area contributed by atoms with Gasteiger partial charge in [0.15, 0.2) is 0 Å². The zero-order valence-electron chi connectivity index (χ0n) is 39.6. The molecule has 0 aliphatic carbocycles. The minimum Gasteiger partial charge on any atom is -0.508 e. The molecule has 0 unspecified atom stereocenters. The number of likely N-dealkylation sites (N-methyl/N-ethyl adjacent to an activating group) is 1. The lowest BCUT2D eigenvalue weighted by Crippen LogP contribution is -2.62. The number of alkyl halides is 2. The zero-order chi connectivity index (χ0) is 48.8. The van der Waals surface area contributed by atoms with E-state index in [1.807, 2.05) is 25.1 Å². The van der Waals surface area contributed by atoms with Gasteiger partial charge in [-0.1, -0.05) is 45.4 Å². The van der Waals surface area contributed by atoms with Gasteiger partial charge in [-0.3, -0.25) is 34.0 Å². The van der Waals surface area contributed by atoms with E-state index in [1.165, 1.54) is 21.9 Å². The number of aromatic nitrogens is 2. The van der Waals surface area contributed by atoms with Crippen molar-refractivity contribution in [2.75, 3.05) is 47.0 Å². The molecule has 4 aromatic rings. The summed E-state index contributed by atoms with van der Waals surface area (Å²) in [7, 11) is 3.16. The van der Waals surface area contributed by atoms with Crippen LogP contribution in [0.25, 0.3) is 33.3 Å². The number of hydrazine groups is 1. The number of cyclic esters (lactones) is 1. The molecule has 4 aliphatic heterocycles. The van der Waals surface area contributed by atoms with Gasteiger partial charge in [-0.2, -0.15) is 0 Å². The topological polar surface area (TPSA) is 185 Å². The molecule has 0 saturated carbocycles. The first-order valence-electron chi connectivity index (χ1n) is 23.4. The predicted octanol–water partition coefficient (Wildman–Crippen LogP) is 5.69. The highest BCUT2D eigenvalue weighted by atomic mass is 35.5. The first kappa shape index (κ1) is 48.7. The highest BCUT2D eigenvalue weighted by molar-refractivity contribution is 6.29. The van der Waals surface area contributed by atoms with Gasteiger partial charge < -0.3 is 39.0 Å².